The molecule has 1 aromatic heterocycles. The Morgan fingerprint density at radius 1 is 1.33 bits per heavy atom. The van der Waals surface area contributed by atoms with E-state index in [4.69, 9.17) is 11.2 Å². The van der Waals surface area contributed by atoms with Crippen LogP contribution in [-0.4, -0.2) is 34.1 Å². The summed E-state index contributed by atoms with van der Waals surface area (Å²) in [6.45, 7) is 3.87. The highest BCUT2D eigenvalue weighted by molar-refractivity contribution is 5.92. The van der Waals surface area contributed by atoms with Gasteiger partial charge in [-0.15, -0.1) is 12.3 Å². The summed E-state index contributed by atoms with van der Waals surface area (Å²) in [5.74, 6) is 2.06. The first-order chi connectivity index (χ1) is 11.5. The largest absolute Gasteiger partial charge is 0.461 e. The molecule has 0 spiro atoms. The van der Waals surface area contributed by atoms with E-state index in [9.17, 15) is 9.59 Å². The molecule has 0 atom stereocenters. The lowest BCUT2D eigenvalue weighted by molar-refractivity contribution is -0.116. The monoisotopic (exact) mass is 331 g/mol. The minimum absolute atomic E-state index is 0.201. The first-order valence-electron chi connectivity index (χ1n) is 7.97. The number of anilines is 1. The van der Waals surface area contributed by atoms with E-state index in [0.29, 0.717) is 31.4 Å². The van der Waals surface area contributed by atoms with Crippen LogP contribution in [0.4, 0.5) is 5.95 Å². The molecule has 2 heterocycles. The van der Waals surface area contributed by atoms with Gasteiger partial charge in [-0.2, -0.15) is 10.2 Å². The fourth-order valence-corrected chi connectivity index (χ4v) is 2.27. The van der Waals surface area contributed by atoms with Crippen molar-refractivity contribution in [3.05, 3.63) is 11.4 Å². The van der Waals surface area contributed by atoms with Crippen LogP contribution in [-0.2, 0) is 16.0 Å². The van der Waals surface area contributed by atoms with Crippen LogP contribution in [0.15, 0.2) is 10.2 Å². The molecule has 8 heteroatoms. The lowest BCUT2D eigenvalue weighted by Crippen LogP contribution is -2.18. The van der Waals surface area contributed by atoms with Crippen LogP contribution in [0, 0.1) is 12.3 Å². The smallest absolute Gasteiger partial charge is 0.358 e. The average molecular weight is 331 g/mol. The van der Waals surface area contributed by atoms with Gasteiger partial charge in [0.2, 0.25) is 11.9 Å². The lowest BCUT2D eigenvalue weighted by atomic mass is 10.0. The summed E-state index contributed by atoms with van der Waals surface area (Å²) in [6.07, 6.45) is 7.79. The van der Waals surface area contributed by atoms with E-state index < -0.39 is 11.6 Å². The highest BCUT2D eigenvalue weighted by Crippen LogP contribution is 2.37. The van der Waals surface area contributed by atoms with Crippen LogP contribution in [0.25, 0.3) is 0 Å². The molecule has 2 rings (SSSR count). The number of aromatic nitrogens is 2. The Labute approximate surface area is 140 Å². The maximum Gasteiger partial charge on any atom is 0.358 e. The van der Waals surface area contributed by atoms with Crippen molar-refractivity contribution in [1.82, 2.24) is 9.97 Å². The first kappa shape index (κ1) is 17.7. The van der Waals surface area contributed by atoms with Gasteiger partial charge in [-0.3, -0.25) is 10.1 Å². The third kappa shape index (κ3) is 4.41. The van der Waals surface area contributed by atoms with Gasteiger partial charge >= 0.3 is 5.97 Å². The number of ether oxygens (including phenoxy) is 1. The van der Waals surface area contributed by atoms with Gasteiger partial charge < -0.3 is 9.72 Å². The van der Waals surface area contributed by atoms with Crippen molar-refractivity contribution in [2.45, 2.75) is 51.6 Å². The molecule has 0 fully saturated rings. The van der Waals surface area contributed by atoms with E-state index in [2.05, 4.69) is 31.4 Å². The van der Waals surface area contributed by atoms with Crippen molar-refractivity contribution in [2.75, 3.05) is 11.9 Å². The third-order valence-corrected chi connectivity index (χ3v) is 3.66. The number of aryl methyl sites for hydroxylation is 1. The fraction of sp³-hybridized carbons (Fsp3) is 0.562. The van der Waals surface area contributed by atoms with E-state index >= 15 is 0 Å². The molecule has 0 saturated carbocycles. The van der Waals surface area contributed by atoms with Gasteiger partial charge in [0.25, 0.3) is 0 Å². The Morgan fingerprint density at radius 2 is 2.08 bits per heavy atom. The molecule has 24 heavy (non-hydrogen) atoms. The molecule has 1 amide bonds. The number of amides is 1. The summed E-state index contributed by atoms with van der Waals surface area (Å²) < 4.78 is 4.95. The highest BCUT2D eigenvalue weighted by atomic mass is 16.5. The van der Waals surface area contributed by atoms with Crippen LogP contribution in [0.5, 0.6) is 0 Å². The number of nitrogens with zero attached hydrogens (tertiary/aromatic N) is 3. The quantitative estimate of drug-likeness (QED) is 0.535. The molecule has 0 unspecified atom stereocenters. The summed E-state index contributed by atoms with van der Waals surface area (Å²) in [5.41, 5.74) is 0.339. The van der Waals surface area contributed by atoms with E-state index in [1.807, 2.05) is 6.92 Å². The Kier molecular flexibility index (Phi) is 5.68. The highest BCUT2D eigenvalue weighted by Gasteiger charge is 2.39. The molecule has 0 bridgehead atoms. The van der Waals surface area contributed by atoms with Crippen molar-refractivity contribution in [3.8, 4) is 12.3 Å². The molecule has 2 N–H and O–H groups in total. The molecule has 1 aliphatic rings. The van der Waals surface area contributed by atoms with E-state index in [1.165, 1.54) is 0 Å². The van der Waals surface area contributed by atoms with Crippen LogP contribution in [0.1, 0.15) is 55.7 Å². The van der Waals surface area contributed by atoms with Crippen molar-refractivity contribution in [2.24, 2.45) is 10.2 Å². The van der Waals surface area contributed by atoms with Crippen LogP contribution < -0.4 is 5.32 Å². The van der Waals surface area contributed by atoms with Crippen LogP contribution in [0.3, 0.4) is 0 Å². The second kappa shape index (κ2) is 7.73. The van der Waals surface area contributed by atoms with Crippen molar-refractivity contribution >= 4 is 17.8 Å². The zero-order chi connectivity index (χ0) is 17.6. The predicted molar refractivity (Wildman–Crippen MR) is 87.4 cm³/mol. The maximum absolute atomic E-state index is 12.1. The SMILES string of the molecule is C#CCCC1(CCC(=O)Nc2nc(C(=O)OCC)c(CC)[nH]2)N=N1. The first-order valence-corrected chi connectivity index (χ1v) is 7.97. The Hall–Kier alpha value is -2.69. The van der Waals surface area contributed by atoms with Crippen molar-refractivity contribution in [3.63, 3.8) is 0 Å². The van der Waals surface area contributed by atoms with Gasteiger partial charge in [-0.25, -0.2) is 9.78 Å². The number of nitrogens with one attached hydrogen (secondary N) is 2. The van der Waals surface area contributed by atoms with Gasteiger partial charge in [-0.05, 0) is 13.3 Å². The number of carbonyl (C=O) groups excluding carboxylic acids is 2. The van der Waals surface area contributed by atoms with Gasteiger partial charge in [0.1, 0.15) is 0 Å². The number of aromatic amines is 1. The number of carbonyl (C=O) groups is 2. The van der Waals surface area contributed by atoms with E-state index in [1.54, 1.807) is 6.92 Å². The van der Waals surface area contributed by atoms with Gasteiger partial charge in [0, 0.05) is 25.7 Å². The molecule has 0 aliphatic carbocycles. The number of terminal acetylenes is 1. The second-order valence-corrected chi connectivity index (χ2v) is 5.42. The molecular formula is C16H21N5O3. The third-order valence-electron chi connectivity index (χ3n) is 3.66. The number of rotatable bonds is 9. The topological polar surface area (TPSA) is 109 Å². The zero-order valence-corrected chi connectivity index (χ0v) is 13.9. The summed E-state index contributed by atoms with van der Waals surface area (Å²) in [7, 11) is 0. The average Bonchev–Trinajstić information content (AvgIpc) is 3.23. The standard InChI is InChI=1S/C16H21N5O3/c1-4-7-9-16(20-21-16)10-8-12(22)18-15-17-11(5-2)13(19-15)14(23)24-6-3/h1H,5-10H2,2-3H3,(H2,17,18,19,22). The minimum Gasteiger partial charge on any atom is -0.461 e. The number of esters is 1. The number of imidazole rings is 1. The second-order valence-electron chi connectivity index (χ2n) is 5.42. The number of hydrogen-bond acceptors (Lipinski definition) is 6. The molecule has 1 aliphatic heterocycles. The predicted octanol–water partition coefficient (Wildman–Crippen LogP) is 2.44. The fourth-order valence-electron chi connectivity index (χ4n) is 2.27. The van der Waals surface area contributed by atoms with Gasteiger partial charge in [0.15, 0.2) is 11.4 Å². The van der Waals surface area contributed by atoms with Crippen molar-refractivity contribution in [1.29, 1.82) is 0 Å². The molecule has 0 radical (unpaired) electrons. The minimum atomic E-state index is -0.505. The van der Waals surface area contributed by atoms with E-state index in [-0.39, 0.29) is 30.6 Å². The van der Waals surface area contributed by atoms with Gasteiger partial charge in [0.05, 0.1) is 12.3 Å². The Bertz CT molecular complexity index is 680. The molecule has 1 aromatic rings. The molecular weight excluding hydrogens is 310 g/mol. The Morgan fingerprint density at radius 3 is 2.67 bits per heavy atom. The van der Waals surface area contributed by atoms with Crippen LogP contribution >= 0.6 is 0 Å². The van der Waals surface area contributed by atoms with Crippen LogP contribution in [0.2, 0.25) is 0 Å². The maximum atomic E-state index is 12.1. The number of H-pyrrole nitrogens is 1. The Balaban J connectivity index is 1.90. The zero-order valence-electron chi connectivity index (χ0n) is 13.9. The summed E-state index contributed by atoms with van der Waals surface area (Å²) in [5, 5.41) is 10.6. The van der Waals surface area contributed by atoms with E-state index in [0.717, 1.165) is 0 Å². The molecule has 8 nitrogen and oxygen atoms in total. The summed E-state index contributed by atoms with van der Waals surface area (Å²) >= 11 is 0. The van der Waals surface area contributed by atoms with Gasteiger partial charge in [-0.1, -0.05) is 6.92 Å². The number of hydrogen-bond donors (Lipinski definition) is 2. The molecule has 0 saturated heterocycles. The summed E-state index contributed by atoms with van der Waals surface area (Å²) in [6, 6.07) is 0. The normalized spacial score (nSPS) is 14.0. The lowest BCUT2D eigenvalue weighted by Gasteiger charge is -2.07. The summed E-state index contributed by atoms with van der Waals surface area (Å²) in [4.78, 5) is 30.9. The molecule has 128 valence electrons. The molecule has 0 aromatic carbocycles. The van der Waals surface area contributed by atoms with Crippen molar-refractivity contribution < 1.29 is 14.3 Å².